The van der Waals surface area contributed by atoms with Crippen LogP contribution in [-0.4, -0.2) is 24.3 Å². The fourth-order valence-corrected chi connectivity index (χ4v) is 2.01. The number of unbranched alkanes of at least 4 members (excludes halogenated alkanes) is 1. The van der Waals surface area contributed by atoms with E-state index in [-0.39, 0.29) is 6.61 Å². The van der Waals surface area contributed by atoms with E-state index < -0.39 is 0 Å². The van der Waals surface area contributed by atoms with Crippen LogP contribution in [0.25, 0.3) is 0 Å². The normalized spacial score (nSPS) is 12.6. The van der Waals surface area contributed by atoms with Crippen molar-refractivity contribution >= 4 is 0 Å². The number of nitrogens with one attached hydrogen (secondary N) is 1. The van der Waals surface area contributed by atoms with Crippen LogP contribution in [0, 0.1) is 0 Å². The molecule has 2 N–H and O–H groups in total. The van der Waals surface area contributed by atoms with Crippen LogP contribution >= 0.6 is 0 Å². The van der Waals surface area contributed by atoms with Gasteiger partial charge in [0.2, 0.25) is 0 Å². The van der Waals surface area contributed by atoms with E-state index in [1.165, 1.54) is 24.8 Å². The van der Waals surface area contributed by atoms with Crippen LogP contribution in [0.4, 0.5) is 0 Å². The average molecular weight is 235 g/mol. The van der Waals surface area contributed by atoms with Crippen molar-refractivity contribution in [2.75, 3.05) is 13.2 Å². The zero-order chi connectivity index (χ0) is 12.3. The Morgan fingerprint density at radius 1 is 1.18 bits per heavy atom. The summed E-state index contributed by atoms with van der Waals surface area (Å²) in [5.74, 6) is 0. The number of rotatable bonds is 9. The summed E-state index contributed by atoms with van der Waals surface area (Å²) in [6.07, 6.45) is 5.57. The number of hydrogen-bond acceptors (Lipinski definition) is 2. The second-order valence-electron chi connectivity index (χ2n) is 4.51. The molecule has 0 bridgehead atoms. The van der Waals surface area contributed by atoms with Crippen LogP contribution in [0.1, 0.15) is 38.2 Å². The quantitative estimate of drug-likeness (QED) is 0.645. The molecule has 0 aliphatic rings. The summed E-state index contributed by atoms with van der Waals surface area (Å²) in [4.78, 5) is 0. The molecule has 0 spiro atoms. The fourth-order valence-electron chi connectivity index (χ4n) is 2.01. The molecule has 96 valence electrons. The zero-order valence-electron chi connectivity index (χ0n) is 10.9. The van der Waals surface area contributed by atoms with Gasteiger partial charge in [0, 0.05) is 12.6 Å². The standard InChI is InChI=1S/C15H25NO/c1-2-15(11-13-17)16-12-7-6-10-14-8-4-3-5-9-14/h3-5,8-9,15-17H,2,6-7,10-13H2,1H3. The van der Waals surface area contributed by atoms with E-state index >= 15 is 0 Å². The van der Waals surface area contributed by atoms with Crippen LogP contribution in [0.2, 0.25) is 0 Å². The van der Waals surface area contributed by atoms with E-state index in [0.29, 0.717) is 6.04 Å². The van der Waals surface area contributed by atoms with Crippen molar-refractivity contribution in [1.82, 2.24) is 5.32 Å². The lowest BCUT2D eigenvalue weighted by Crippen LogP contribution is -2.30. The SMILES string of the molecule is CCC(CCO)NCCCCc1ccccc1. The number of aliphatic hydroxyl groups is 1. The first-order valence-corrected chi connectivity index (χ1v) is 6.75. The molecular formula is C15H25NO. The summed E-state index contributed by atoms with van der Waals surface area (Å²) in [6.45, 7) is 3.51. The van der Waals surface area contributed by atoms with Crippen molar-refractivity contribution < 1.29 is 5.11 Å². The molecule has 0 saturated carbocycles. The monoisotopic (exact) mass is 235 g/mol. The first-order chi connectivity index (χ1) is 8.36. The number of aryl methyl sites for hydroxylation is 1. The molecule has 1 aromatic rings. The van der Waals surface area contributed by atoms with Crippen molar-refractivity contribution in [3.8, 4) is 0 Å². The van der Waals surface area contributed by atoms with E-state index in [0.717, 1.165) is 19.4 Å². The second kappa shape index (κ2) is 9.20. The summed E-state index contributed by atoms with van der Waals surface area (Å²) in [7, 11) is 0. The highest BCUT2D eigenvalue weighted by Gasteiger charge is 2.03. The largest absolute Gasteiger partial charge is 0.396 e. The Morgan fingerprint density at radius 3 is 2.59 bits per heavy atom. The van der Waals surface area contributed by atoms with Gasteiger partial charge in [-0.15, -0.1) is 0 Å². The molecule has 0 aromatic heterocycles. The number of hydrogen-bond donors (Lipinski definition) is 2. The Kier molecular flexibility index (Phi) is 7.69. The molecule has 1 atom stereocenters. The van der Waals surface area contributed by atoms with Crippen LogP contribution in [0.15, 0.2) is 30.3 Å². The summed E-state index contributed by atoms with van der Waals surface area (Å²) < 4.78 is 0. The Labute approximate surface area is 105 Å². The lowest BCUT2D eigenvalue weighted by Gasteiger charge is -2.15. The van der Waals surface area contributed by atoms with Crippen molar-refractivity contribution in [3.05, 3.63) is 35.9 Å². The minimum absolute atomic E-state index is 0.287. The molecule has 0 amide bonds. The highest BCUT2D eigenvalue weighted by molar-refractivity contribution is 5.14. The highest BCUT2D eigenvalue weighted by Crippen LogP contribution is 2.04. The minimum atomic E-state index is 0.287. The average Bonchev–Trinajstić information content (AvgIpc) is 2.38. The lowest BCUT2D eigenvalue weighted by atomic mass is 10.1. The molecule has 2 nitrogen and oxygen atoms in total. The first kappa shape index (κ1) is 14.2. The lowest BCUT2D eigenvalue weighted by molar-refractivity contribution is 0.262. The third kappa shape index (κ3) is 6.44. The number of benzene rings is 1. The molecule has 0 saturated heterocycles. The maximum absolute atomic E-state index is 8.88. The smallest absolute Gasteiger partial charge is 0.0445 e. The van der Waals surface area contributed by atoms with E-state index in [2.05, 4.69) is 42.6 Å². The minimum Gasteiger partial charge on any atom is -0.396 e. The first-order valence-electron chi connectivity index (χ1n) is 6.75. The second-order valence-corrected chi connectivity index (χ2v) is 4.51. The molecule has 1 rings (SSSR count). The van der Waals surface area contributed by atoms with Gasteiger partial charge in [-0.1, -0.05) is 37.3 Å². The van der Waals surface area contributed by atoms with Crippen molar-refractivity contribution in [1.29, 1.82) is 0 Å². The summed E-state index contributed by atoms with van der Waals surface area (Å²) in [5.41, 5.74) is 1.43. The maximum atomic E-state index is 8.88. The maximum Gasteiger partial charge on any atom is 0.0445 e. The van der Waals surface area contributed by atoms with Gasteiger partial charge in [-0.3, -0.25) is 0 Å². The van der Waals surface area contributed by atoms with Gasteiger partial charge in [-0.25, -0.2) is 0 Å². The Bertz CT molecular complexity index is 274. The Morgan fingerprint density at radius 2 is 1.94 bits per heavy atom. The summed E-state index contributed by atoms with van der Waals surface area (Å²) >= 11 is 0. The van der Waals surface area contributed by atoms with Gasteiger partial charge >= 0.3 is 0 Å². The molecule has 0 fully saturated rings. The predicted octanol–water partition coefficient (Wildman–Crippen LogP) is 2.76. The third-order valence-electron chi connectivity index (χ3n) is 3.14. The summed E-state index contributed by atoms with van der Waals surface area (Å²) in [5, 5.41) is 12.4. The Hall–Kier alpha value is -0.860. The van der Waals surface area contributed by atoms with E-state index in [4.69, 9.17) is 5.11 Å². The molecule has 17 heavy (non-hydrogen) atoms. The van der Waals surface area contributed by atoms with Crippen LogP contribution in [0.3, 0.4) is 0 Å². The van der Waals surface area contributed by atoms with Crippen LogP contribution < -0.4 is 5.32 Å². The van der Waals surface area contributed by atoms with Gasteiger partial charge < -0.3 is 10.4 Å². The van der Waals surface area contributed by atoms with Crippen LogP contribution in [-0.2, 0) is 6.42 Å². The molecule has 0 aliphatic carbocycles. The molecule has 0 aliphatic heterocycles. The van der Waals surface area contributed by atoms with Crippen molar-refractivity contribution in [2.24, 2.45) is 0 Å². The van der Waals surface area contributed by atoms with Gasteiger partial charge in [0.25, 0.3) is 0 Å². The number of aliphatic hydroxyl groups excluding tert-OH is 1. The highest BCUT2D eigenvalue weighted by atomic mass is 16.3. The molecule has 0 radical (unpaired) electrons. The molecule has 1 aromatic carbocycles. The van der Waals surface area contributed by atoms with Gasteiger partial charge in [-0.05, 0) is 44.2 Å². The molecule has 0 heterocycles. The zero-order valence-corrected chi connectivity index (χ0v) is 10.9. The van der Waals surface area contributed by atoms with Crippen molar-refractivity contribution in [2.45, 2.75) is 45.1 Å². The fraction of sp³-hybridized carbons (Fsp3) is 0.600. The van der Waals surface area contributed by atoms with E-state index in [9.17, 15) is 0 Å². The topological polar surface area (TPSA) is 32.3 Å². The molecule has 2 heteroatoms. The van der Waals surface area contributed by atoms with Gasteiger partial charge in [-0.2, -0.15) is 0 Å². The molecule has 1 unspecified atom stereocenters. The summed E-state index contributed by atoms with van der Waals surface area (Å²) in [6, 6.07) is 11.1. The van der Waals surface area contributed by atoms with Gasteiger partial charge in [0.15, 0.2) is 0 Å². The molecular weight excluding hydrogens is 210 g/mol. The van der Waals surface area contributed by atoms with Gasteiger partial charge in [0.1, 0.15) is 0 Å². The third-order valence-corrected chi connectivity index (χ3v) is 3.14. The van der Waals surface area contributed by atoms with Crippen LogP contribution in [0.5, 0.6) is 0 Å². The van der Waals surface area contributed by atoms with E-state index in [1.807, 2.05) is 0 Å². The van der Waals surface area contributed by atoms with Crippen molar-refractivity contribution in [3.63, 3.8) is 0 Å². The predicted molar refractivity (Wildman–Crippen MR) is 73.2 cm³/mol. The van der Waals surface area contributed by atoms with E-state index in [1.54, 1.807) is 0 Å². The Balaban J connectivity index is 2.04. The van der Waals surface area contributed by atoms with Gasteiger partial charge in [0.05, 0.1) is 0 Å².